The Labute approximate surface area is 147 Å². The molecule has 4 rings (SSSR count). The summed E-state index contributed by atoms with van der Waals surface area (Å²) < 4.78 is 7.19. The van der Waals surface area contributed by atoms with Gasteiger partial charge in [-0.2, -0.15) is 9.61 Å². The maximum absolute atomic E-state index is 5.25. The van der Waals surface area contributed by atoms with Crippen LogP contribution in [0.3, 0.4) is 0 Å². The normalized spacial score (nSPS) is 17.6. The highest BCUT2D eigenvalue weighted by molar-refractivity contribution is 5.67. The standard InChI is InChI=1S/C19H23N5O/c1-22(2)15-9-11-23(13-15)19-12-17(21-18-8-10-20-24(18)19)14-4-6-16(25-3)7-5-14/h4-8,10,12,15H,9,11,13H2,1-3H3. The minimum atomic E-state index is 0.572. The molecule has 3 aromatic rings. The number of rotatable bonds is 4. The third kappa shape index (κ3) is 2.93. The van der Waals surface area contributed by atoms with Gasteiger partial charge in [-0.05, 0) is 44.8 Å². The number of benzene rings is 1. The van der Waals surface area contributed by atoms with E-state index in [1.807, 2.05) is 41.0 Å². The van der Waals surface area contributed by atoms with E-state index in [0.717, 1.165) is 48.0 Å². The summed E-state index contributed by atoms with van der Waals surface area (Å²) in [7, 11) is 5.97. The van der Waals surface area contributed by atoms with E-state index in [0.29, 0.717) is 6.04 Å². The van der Waals surface area contributed by atoms with Crippen LogP contribution in [0.25, 0.3) is 16.9 Å². The first-order valence-corrected chi connectivity index (χ1v) is 8.56. The number of aromatic nitrogens is 3. The summed E-state index contributed by atoms with van der Waals surface area (Å²) in [6.07, 6.45) is 2.97. The van der Waals surface area contributed by atoms with Crippen LogP contribution in [0, 0.1) is 0 Å². The van der Waals surface area contributed by atoms with Crippen LogP contribution >= 0.6 is 0 Å². The molecule has 0 N–H and O–H groups in total. The van der Waals surface area contributed by atoms with Crippen molar-refractivity contribution in [3.05, 3.63) is 42.6 Å². The molecule has 0 spiro atoms. The van der Waals surface area contributed by atoms with Gasteiger partial charge in [-0.15, -0.1) is 0 Å². The molecule has 25 heavy (non-hydrogen) atoms. The van der Waals surface area contributed by atoms with Gasteiger partial charge < -0.3 is 14.5 Å². The molecule has 1 saturated heterocycles. The van der Waals surface area contributed by atoms with Crippen molar-refractivity contribution in [1.82, 2.24) is 19.5 Å². The lowest BCUT2D eigenvalue weighted by Gasteiger charge is -2.22. The molecule has 0 amide bonds. The number of hydrogen-bond acceptors (Lipinski definition) is 5. The molecular weight excluding hydrogens is 314 g/mol. The Hall–Kier alpha value is -2.60. The van der Waals surface area contributed by atoms with E-state index >= 15 is 0 Å². The lowest BCUT2D eigenvalue weighted by molar-refractivity contribution is 0.315. The molecule has 0 bridgehead atoms. The van der Waals surface area contributed by atoms with Gasteiger partial charge in [-0.25, -0.2) is 4.98 Å². The highest BCUT2D eigenvalue weighted by Crippen LogP contribution is 2.28. The summed E-state index contributed by atoms with van der Waals surface area (Å²) in [4.78, 5) is 9.47. The van der Waals surface area contributed by atoms with E-state index in [1.165, 1.54) is 0 Å². The maximum atomic E-state index is 5.25. The quantitative estimate of drug-likeness (QED) is 0.732. The second kappa shape index (κ2) is 6.37. The minimum Gasteiger partial charge on any atom is -0.497 e. The van der Waals surface area contributed by atoms with Gasteiger partial charge >= 0.3 is 0 Å². The summed E-state index contributed by atoms with van der Waals surface area (Å²) in [5, 5.41) is 4.47. The molecule has 130 valence electrons. The van der Waals surface area contributed by atoms with E-state index in [-0.39, 0.29) is 0 Å². The molecule has 2 aromatic heterocycles. The Bertz CT molecular complexity index is 871. The molecule has 3 heterocycles. The second-order valence-corrected chi connectivity index (χ2v) is 6.68. The van der Waals surface area contributed by atoms with Crippen molar-refractivity contribution in [2.75, 3.05) is 39.2 Å². The van der Waals surface area contributed by atoms with Crippen molar-refractivity contribution in [1.29, 1.82) is 0 Å². The smallest absolute Gasteiger partial charge is 0.157 e. The van der Waals surface area contributed by atoms with Crippen LogP contribution in [0.4, 0.5) is 5.82 Å². The van der Waals surface area contributed by atoms with Crippen LogP contribution in [-0.2, 0) is 0 Å². The topological polar surface area (TPSA) is 45.9 Å². The largest absolute Gasteiger partial charge is 0.497 e. The molecule has 1 unspecified atom stereocenters. The van der Waals surface area contributed by atoms with Crippen molar-refractivity contribution in [2.45, 2.75) is 12.5 Å². The highest BCUT2D eigenvalue weighted by atomic mass is 16.5. The lowest BCUT2D eigenvalue weighted by Crippen LogP contribution is -2.32. The third-order valence-electron chi connectivity index (χ3n) is 4.94. The van der Waals surface area contributed by atoms with Gasteiger partial charge in [0.25, 0.3) is 0 Å². The number of likely N-dealkylation sites (N-methyl/N-ethyl adjacent to an activating group) is 1. The molecule has 1 aliphatic rings. The van der Waals surface area contributed by atoms with Gasteiger partial charge in [0.1, 0.15) is 11.6 Å². The fourth-order valence-electron chi connectivity index (χ4n) is 3.40. The zero-order valence-corrected chi connectivity index (χ0v) is 14.9. The van der Waals surface area contributed by atoms with E-state index in [2.05, 4.69) is 35.1 Å². The van der Waals surface area contributed by atoms with Crippen LogP contribution in [0.5, 0.6) is 5.75 Å². The molecule has 0 saturated carbocycles. The van der Waals surface area contributed by atoms with Crippen LogP contribution in [0.15, 0.2) is 42.6 Å². The zero-order chi connectivity index (χ0) is 17.4. The van der Waals surface area contributed by atoms with Gasteiger partial charge in [0, 0.05) is 36.8 Å². The number of methoxy groups -OCH3 is 1. The first kappa shape index (κ1) is 15.9. The average molecular weight is 337 g/mol. The zero-order valence-electron chi connectivity index (χ0n) is 14.9. The number of nitrogens with zero attached hydrogens (tertiary/aromatic N) is 5. The van der Waals surface area contributed by atoms with Crippen LogP contribution in [0.1, 0.15) is 6.42 Å². The van der Waals surface area contributed by atoms with Crippen LogP contribution in [0.2, 0.25) is 0 Å². The van der Waals surface area contributed by atoms with Gasteiger partial charge in [-0.3, -0.25) is 0 Å². The molecule has 1 aromatic carbocycles. The summed E-state index contributed by atoms with van der Waals surface area (Å²) in [5.74, 6) is 1.95. The molecule has 1 fully saturated rings. The first-order chi connectivity index (χ1) is 12.2. The number of hydrogen-bond donors (Lipinski definition) is 0. The van der Waals surface area contributed by atoms with E-state index in [4.69, 9.17) is 9.72 Å². The number of fused-ring (bicyclic) bond motifs is 1. The molecule has 1 atom stereocenters. The molecular formula is C19H23N5O. The van der Waals surface area contributed by atoms with Crippen molar-refractivity contribution >= 4 is 11.5 Å². The van der Waals surface area contributed by atoms with Crippen LogP contribution in [-0.4, -0.2) is 59.8 Å². The molecule has 6 heteroatoms. The monoisotopic (exact) mass is 337 g/mol. The Morgan fingerprint density at radius 3 is 2.64 bits per heavy atom. The predicted molar refractivity (Wildman–Crippen MR) is 99.3 cm³/mol. The van der Waals surface area contributed by atoms with E-state index < -0.39 is 0 Å². The van der Waals surface area contributed by atoms with Gasteiger partial charge in [0.2, 0.25) is 0 Å². The molecule has 0 aliphatic carbocycles. The van der Waals surface area contributed by atoms with Crippen molar-refractivity contribution in [3.8, 4) is 17.0 Å². The van der Waals surface area contributed by atoms with Gasteiger partial charge in [0.15, 0.2) is 5.65 Å². The maximum Gasteiger partial charge on any atom is 0.157 e. The Morgan fingerprint density at radius 2 is 1.96 bits per heavy atom. The van der Waals surface area contributed by atoms with Crippen molar-refractivity contribution in [3.63, 3.8) is 0 Å². The van der Waals surface area contributed by atoms with Gasteiger partial charge in [0.05, 0.1) is 19.0 Å². The molecule has 0 radical (unpaired) electrons. The Kier molecular flexibility index (Phi) is 4.05. The first-order valence-electron chi connectivity index (χ1n) is 8.56. The third-order valence-corrected chi connectivity index (χ3v) is 4.94. The number of ether oxygens (including phenoxy) is 1. The van der Waals surface area contributed by atoms with Gasteiger partial charge in [-0.1, -0.05) is 0 Å². The van der Waals surface area contributed by atoms with E-state index in [1.54, 1.807) is 7.11 Å². The van der Waals surface area contributed by atoms with Crippen LogP contribution < -0.4 is 9.64 Å². The number of anilines is 1. The summed E-state index contributed by atoms with van der Waals surface area (Å²) >= 11 is 0. The van der Waals surface area contributed by atoms with E-state index in [9.17, 15) is 0 Å². The lowest BCUT2D eigenvalue weighted by atomic mass is 10.1. The minimum absolute atomic E-state index is 0.572. The fraction of sp³-hybridized carbons (Fsp3) is 0.368. The Balaban J connectivity index is 1.74. The summed E-state index contributed by atoms with van der Waals surface area (Å²) in [6, 6.07) is 12.7. The van der Waals surface area contributed by atoms with Crippen molar-refractivity contribution < 1.29 is 4.74 Å². The molecule has 6 nitrogen and oxygen atoms in total. The predicted octanol–water partition coefficient (Wildman–Crippen LogP) is 2.55. The second-order valence-electron chi connectivity index (χ2n) is 6.68. The fourth-order valence-corrected chi connectivity index (χ4v) is 3.40. The van der Waals surface area contributed by atoms with Crippen molar-refractivity contribution in [2.24, 2.45) is 0 Å². The summed E-state index contributed by atoms with van der Waals surface area (Å²) in [6.45, 7) is 2.04. The average Bonchev–Trinajstić information content (AvgIpc) is 3.30. The Morgan fingerprint density at radius 1 is 1.16 bits per heavy atom. The summed E-state index contributed by atoms with van der Waals surface area (Å²) in [5.41, 5.74) is 2.91. The SMILES string of the molecule is COc1ccc(-c2cc(N3CCC(N(C)C)C3)n3nccc3n2)cc1. The molecule has 1 aliphatic heterocycles. The highest BCUT2D eigenvalue weighted by Gasteiger charge is 2.26.